The number of hydrogen-bond donors (Lipinski definition) is 1. The van der Waals surface area contributed by atoms with Crippen LogP contribution in [-0.2, 0) is 0 Å². The van der Waals surface area contributed by atoms with Crippen molar-refractivity contribution in [3.8, 4) is 34.4 Å². The van der Waals surface area contributed by atoms with Gasteiger partial charge in [-0.25, -0.2) is 0 Å². The molecule has 2 N–H and O–H groups in total. The Balaban J connectivity index is 1.70. The van der Waals surface area contributed by atoms with Crippen molar-refractivity contribution >= 4 is 21.7 Å². The zero-order valence-corrected chi connectivity index (χ0v) is 15.9. The van der Waals surface area contributed by atoms with E-state index in [1.54, 1.807) is 0 Å². The van der Waals surface area contributed by atoms with E-state index in [9.17, 15) is 0 Å². The minimum Gasteiger partial charge on any atom is -0.492 e. The SMILES string of the molecule is CCOc1ccccc1-n1nnc(-c2nc(-c3ccc(Br)cc3)no2)c1N. The van der Waals surface area contributed by atoms with Gasteiger partial charge in [-0.1, -0.05) is 38.4 Å². The molecule has 2 aromatic heterocycles. The van der Waals surface area contributed by atoms with Crippen LogP contribution in [0.15, 0.2) is 57.5 Å². The Bertz CT molecular complexity index is 1070. The molecule has 4 rings (SSSR count). The van der Waals surface area contributed by atoms with Crippen molar-refractivity contribution in [1.82, 2.24) is 25.1 Å². The van der Waals surface area contributed by atoms with Crippen molar-refractivity contribution < 1.29 is 9.26 Å². The Morgan fingerprint density at radius 1 is 1.15 bits per heavy atom. The van der Waals surface area contributed by atoms with E-state index in [4.69, 9.17) is 15.0 Å². The Morgan fingerprint density at radius 2 is 1.93 bits per heavy atom. The predicted molar refractivity (Wildman–Crippen MR) is 103 cm³/mol. The molecule has 0 saturated carbocycles. The average molecular weight is 427 g/mol. The Morgan fingerprint density at radius 3 is 2.70 bits per heavy atom. The standard InChI is InChI=1S/C18H15BrN6O2/c1-2-26-14-6-4-3-5-13(14)25-16(20)15(22-24-25)18-21-17(23-27-18)11-7-9-12(19)10-8-11/h3-10H,2,20H2,1H3. The zero-order chi connectivity index (χ0) is 18.8. The van der Waals surface area contributed by atoms with Crippen LogP contribution in [0.25, 0.3) is 28.7 Å². The highest BCUT2D eigenvalue weighted by Gasteiger charge is 2.21. The number of nitrogens with zero attached hydrogens (tertiary/aromatic N) is 5. The molecule has 0 fully saturated rings. The van der Waals surface area contributed by atoms with Crippen molar-refractivity contribution in [2.45, 2.75) is 6.92 Å². The number of benzene rings is 2. The number of nitrogen functional groups attached to an aromatic ring is 1. The molecule has 8 nitrogen and oxygen atoms in total. The summed E-state index contributed by atoms with van der Waals surface area (Å²) in [5.41, 5.74) is 8.07. The molecule has 2 aromatic carbocycles. The van der Waals surface area contributed by atoms with Crippen LogP contribution in [0.5, 0.6) is 5.75 Å². The normalized spacial score (nSPS) is 10.9. The topological polar surface area (TPSA) is 105 Å². The molecule has 0 bridgehead atoms. The van der Waals surface area contributed by atoms with Gasteiger partial charge in [0.25, 0.3) is 5.89 Å². The van der Waals surface area contributed by atoms with Crippen LogP contribution in [0, 0.1) is 0 Å². The molecule has 0 saturated heterocycles. The molecule has 0 amide bonds. The van der Waals surface area contributed by atoms with Gasteiger partial charge in [0.15, 0.2) is 11.5 Å². The van der Waals surface area contributed by atoms with Crippen LogP contribution in [0.4, 0.5) is 5.82 Å². The van der Waals surface area contributed by atoms with Gasteiger partial charge in [-0.15, -0.1) is 5.10 Å². The van der Waals surface area contributed by atoms with Gasteiger partial charge in [0, 0.05) is 10.0 Å². The monoisotopic (exact) mass is 426 g/mol. The lowest BCUT2D eigenvalue weighted by Gasteiger charge is -2.10. The van der Waals surface area contributed by atoms with Gasteiger partial charge in [0.2, 0.25) is 5.82 Å². The van der Waals surface area contributed by atoms with Crippen LogP contribution in [-0.4, -0.2) is 31.7 Å². The molecule has 27 heavy (non-hydrogen) atoms. The summed E-state index contributed by atoms with van der Waals surface area (Å²) in [5, 5.41) is 12.2. The molecule has 0 atom stereocenters. The highest BCUT2D eigenvalue weighted by Crippen LogP contribution is 2.30. The maximum Gasteiger partial charge on any atom is 0.282 e. The molecule has 4 aromatic rings. The van der Waals surface area contributed by atoms with Gasteiger partial charge in [-0.2, -0.15) is 9.67 Å². The van der Waals surface area contributed by atoms with E-state index in [0.717, 1.165) is 10.0 Å². The fourth-order valence-corrected chi connectivity index (χ4v) is 2.83. The highest BCUT2D eigenvalue weighted by molar-refractivity contribution is 9.10. The van der Waals surface area contributed by atoms with Gasteiger partial charge >= 0.3 is 0 Å². The van der Waals surface area contributed by atoms with E-state index in [1.807, 2.05) is 55.5 Å². The quantitative estimate of drug-likeness (QED) is 0.518. The van der Waals surface area contributed by atoms with Crippen LogP contribution >= 0.6 is 15.9 Å². The van der Waals surface area contributed by atoms with Crippen LogP contribution in [0.3, 0.4) is 0 Å². The first-order valence-corrected chi connectivity index (χ1v) is 9.00. The number of rotatable bonds is 5. The number of nitrogens with two attached hydrogens (primary N) is 1. The molecular formula is C18H15BrN6O2. The molecule has 0 spiro atoms. The van der Waals surface area contributed by atoms with E-state index in [2.05, 4.69) is 36.4 Å². The molecule has 0 radical (unpaired) electrons. The summed E-state index contributed by atoms with van der Waals surface area (Å²) in [6, 6.07) is 15.0. The van der Waals surface area contributed by atoms with Crippen molar-refractivity contribution in [3.05, 3.63) is 53.0 Å². The molecule has 0 aliphatic heterocycles. The highest BCUT2D eigenvalue weighted by atomic mass is 79.9. The fourth-order valence-electron chi connectivity index (χ4n) is 2.57. The molecule has 9 heteroatoms. The van der Waals surface area contributed by atoms with Crippen molar-refractivity contribution in [3.63, 3.8) is 0 Å². The van der Waals surface area contributed by atoms with Crippen LogP contribution in [0.1, 0.15) is 6.92 Å². The lowest BCUT2D eigenvalue weighted by molar-refractivity contribution is 0.338. The number of halogens is 1. The average Bonchev–Trinajstić information content (AvgIpc) is 3.30. The smallest absolute Gasteiger partial charge is 0.282 e. The lowest BCUT2D eigenvalue weighted by Crippen LogP contribution is -2.05. The molecule has 0 aliphatic carbocycles. The second kappa shape index (κ2) is 7.20. The molecule has 2 heterocycles. The summed E-state index contributed by atoms with van der Waals surface area (Å²) in [6.45, 7) is 2.44. The fraction of sp³-hybridized carbons (Fsp3) is 0.111. The van der Waals surface area contributed by atoms with Crippen LogP contribution in [0.2, 0.25) is 0 Å². The Labute approximate surface area is 163 Å². The minimum atomic E-state index is 0.200. The van der Waals surface area contributed by atoms with E-state index in [-0.39, 0.29) is 11.7 Å². The Kier molecular flexibility index (Phi) is 4.59. The molecule has 136 valence electrons. The summed E-state index contributed by atoms with van der Waals surface area (Å²) in [6.07, 6.45) is 0. The second-order valence-electron chi connectivity index (χ2n) is 5.57. The van der Waals surface area contributed by atoms with E-state index < -0.39 is 0 Å². The van der Waals surface area contributed by atoms with E-state index >= 15 is 0 Å². The number of anilines is 1. The number of aromatic nitrogens is 5. The van der Waals surface area contributed by atoms with Crippen molar-refractivity contribution in [2.75, 3.05) is 12.3 Å². The first-order valence-electron chi connectivity index (χ1n) is 8.20. The maximum absolute atomic E-state index is 6.25. The minimum absolute atomic E-state index is 0.200. The number of hydrogen-bond acceptors (Lipinski definition) is 7. The molecule has 0 unspecified atom stereocenters. The van der Waals surface area contributed by atoms with Crippen LogP contribution < -0.4 is 10.5 Å². The van der Waals surface area contributed by atoms with Gasteiger partial charge in [-0.3, -0.25) is 0 Å². The molecular weight excluding hydrogens is 412 g/mol. The first-order chi connectivity index (χ1) is 13.2. The summed E-state index contributed by atoms with van der Waals surface area (Å²) < 4.78 is 13.4. The van der Waals surface area contributed by atoms with E-state index in [0.29, 0.717) is 29.6 Å². The van der Waals surface area contributed by atoms with Gasteiger partial charge in [0.05, 0.1) is 6.61 Å². The van der Waals surface area contributed by atoms with Crippen molar-refractivity contribution in [2.24, 2.45) is 0 Å². The van der Waals surface area contributed by atoms with Gasteiger partial charge < -0.3 is 15.0 Å². The Hall–Kier alpha value is -3.20. The first kappa shape index (κ1) is 17.2. The summed E-state index contributed by atoms with van der Waals surface area (Å²) in [4.78, 5) is 4.39. The van der Waals surface area contributed by atoms with Crippen molar-refractivity contribution in [1.29, 1.82) is 0 Å². The summed E-state index contributed by atoms with van der Waals surface area (Å²) in [7, 11) is 0. The largest absolute Gasteiger partial charge is 0.492 e. The number of para-hydroxylation sites is 2. The third kappa shape index (κ3) is 3.28. The number of ether oxygens (including phenoxy) is 1. The summed E-state index contributed by atoms with van der Waals surface area (Å²) in [5.74, 6) is 1.59. The molecule has 0 aliphatic rings. The third-order valence-corrected chi connectivity index (χ3v) is 4.36. The lowest BCUT2D eigenvalue weighted by atomic mass is 10.2. The zero-order valence-electron chi connectivity index (χ0n) is 14.3. The third-order valence-electron chi connectivity index (χ3n) is 3.83. The maximum atomic E-state index is 6.25. The van der Waals surface area contributed by atoms with Gasteiger partial charge in [-0.05, 0) is 43.3 Å². The van der Waals surface area contributed by atoms with E-state index in [1.165, 1.54) is 4.68 Å². The predicted octanol–water partition coefficient (Wildman–Crippen LogP) is 3.73. The second-order valence-corrected chi connectivity index (χ2v) is 6.48. The summed E-state index contributed by atoms with van der Waals surface area (Å²) >= 11 is 3.40. The van der Waals surface area contributed by atoms with Gasteiger partial charge in [0.1, 0.15) is 11.4 Å².